The van der Waals surface area contributed by atoms with Crippen molar-refractivity contribution in [1.29, 1.82) is 0 Å². The highest BCUT2D eigenvalue weighted by Crippen LogP contribution is 2.18. The number of nitrogens with zero attached hydrogens (tertiary/aromatic N) is 1. The van der Waals surface area contributed by atoms with Crippen LogP contribution in [0.4, 0.5) is 0 Å². The van der Waals surface area contributed by atoms with E-state index in [4.69, 9.17) is 0 Å². The predicted octanol–water partition coefficient (Wildman–Crippen LogP) is 1.66. The summed E-state index contributed by atoms with van der Waals surface area (Å²) in [6.07, 6.45) is 3.26. The average Bonchev–Trinajstić information content (AvgIpc) is 2.54. The third-order valence-electron chi connectivity index (χ3n) is 4.14. The highest BCUT2D eigenvalue weighted by molar-refractivity contribution is 7.99. The molecule has 4 nitrogen and oxygen atoms in total. The maximum absolute atomic E-state index is 11.9. The molecule has 0 aromatic heterocycles. The van der Waals surface area contributed by atoms with Crippen molar-refractivity contribution in [3.8, 4) is 0 Å². The first kappa shape index (κ1) is 17.3. The van der Waals surface area contributed by atoms with Gasteiger partial charge in [0.05, 0.1) is 11.4 Å². The van der Waals surface area contributed by atoms with Crippen LogP contribution in [0.3, 0.4) is 0 Å². The van der Waals surface area contributed by atoms with E-state index >= 15 is 0 Å². The number of hydrogen-bond donors (Lipinski definition) is 2. The van der Waals surface area contributed by atoms with Crippen LogP contribution >= 0.6 is 11.8 Å². The molecule has 1 heterocycles. The minimum absolute atomic E-state index is 0.0194. The van der Waals surface area contributed by atoms with Crippen molar-refractivity contribution in [2.75, 3.05) is 25.9 Å². The van der Waals surface area contributed by atoms with E-state index in [0.717, 1.165) is 25.9 Å². The molecule has 0 bridgehead atoms. The minimum atomic E-state index is -0.520. The number of nitrogens with one attached hydrogen (secondary N) is 1. The lowest BCUT2D eigenvalue weighted by atomic mass is 10.00. The van der Waals surface area contributed by atoms with E-state index in [0.29, 0.717) is 13.1 Å². The summed E-state index contributed by atoms with van der Waals surface area (Å²) in [5, 5.41) is 13.0. The van der Waals surface area contributed by atoms with Crippen LogP contribution in [-0.4, -0.2) is 53.2 Å². The third kappa shape index (κ3) is 4.73. The second-order valence-electron chi connectivity index (χ2n) is 5.79. The first-order valence-electron chi connectivity index (χ1n) is 7.91. The van der Waals surface area contributed by atoms with Crippen LogP contribution in [0.15, 0.2) is 24.3 Å². The fourth-order valence-corrected chi connectivity index (χ4v) is 3.49. The molecular weight excluding hydrogens is 296 g/mol. The van der Waals surface area contributed by atoms with Gasteiger partial charge in [0.1, 0.15) is 0 Å². The summed E-state index contributed by atoms with van der Waals surface area (Å²) in [5.74, 6) is 0.0260. The van der Waals surface area contributed by atoms with Crippen molar-refractivity contribution < 1.29 is 9.90 Å². The largest absolute Gasteiger partial charge is 0.390 e. The number of amides is 1. The zero-order chi connectivity index (χ0) is 15.9. The van der Waals surface area contributed by atoms with Crippen molar-refractivity contribution in [2.45, 2.75) is 37.7 Å². The SMILES string of the molecule is CCC(SC)C(=O)NCC(O)CN1CCc2ccccc2C1. The Morgan fingerprint density at radius 3 is 2.82 bits per heavy atom. The molecule has 1 aliphatic rings. The summed E-state index contributed by atoms with van der Waals surface area (Å²) in [6, 6.07) is 8.47. The Kier molecular flexibility index (Phi) is 6.73. The molecule has 0 saturated heterocycles. The monoisotopic (exact) mass is 322 g/mol. The number of β-amino-alcohol motifs (C(OH)–C–C–N with tert-alkyl or cyclic N) is 1. The van der Waals surface area contributed by atoms with Gasteiger partial charge in [-0.1, -0.05) is 31.2 Å². The Labute approximate surface area is 137 Å². The smallest absolute Gasteiger partial charge is 0.233 e. The van der Waals surface area contributed by atoms with E-state index in [1.807, 2.05) is 13.2 Å². The Morgan fingerprint density at radius 2 is 2.14 bits per heavy atom. The fraction of sp³-hybridized carbons (Fsp3) is 0.588. The fourth-order valence-electron chi connectivity index (χ4n) is 2.86. The number of hydrogen-bond acceptors (Lipinski definition) is 4. The lowest BCUT2D eigenvalue weighted by Gasteiger charge is -2.30. The lowest BCUT2D eigenvalue weighted by Crippen LogP contribution is -2.43. The molecule has 2 rings (SSSR count). The summed E-state index contributed by atoms with van der Waals surface area (Å²) >= 11 is 1.55. The van der Waals surface area contributed by atoms with Gasteiger partial charge in [-0.25, -0.2) is 0 Å². The first-order valence-corrected chi connectivity index (χ1v) is 9.20. The Bertz CT molecular complexity index is 491. The van der Waals surface area contributed by atoms with Gasteiger partial charge in [-0.15, -0.1) is 0 Å². The maximum Gasteiger partial charge on any atom is 0.233 e. The maximum atomic E-state index is 11.9. The summed E-state index contributed by atoms with van der Waals surface area (Å²) in [7, 11) is 0. The zero-order valence-electron chi connectivity index (χ0n) is 13.4. The number of thioether (sulfide) groups is 1. The molecular formula is C17H26N2O2S. The number of aliphatic hydroxyl groups is 1. The van der Waals surface area contributed by atoms with Gasteiger partial charge in [-0.2, -0.15) is 11.8 Å². The second kappa shape index (κ2) is 8.56. The van der Waals surface area contributed by atoms with Gasteiger partial charge in [-0.3, -0.25) is 9.69 Å². The standard InChI is InChI=1S/C17H26N2O2S/c1-3-16(22-2)17(21)18-10-15(20)12-19-9-8-13-6-4-5-7-14(13)11-19/h4-7,15-16,20H,3,8-12H2,1-2H3,(H,18,21). The minimum Gasteiger partial charge on any atom is -0.390 e. The van der Waals surface area contributed by atoms with E-state index in [1.165, 1.54) is 11.1 Å². The van der Waals surface area contributed by atoms with E-state index in [1.54, 1.807) is 11.8 Å². The number of aliphatic hydroxyl groups excluding tert-OH is 1. The van der Waals surface area contributed by atoms with Crippen LogP contribution < -0.4 is 5.32 Å². The topological polar surface area (TPSA) is 52.6 Å². The third-order valence-corrected chi connectivity index (χ3v) is 5.25. The quantitative estimate of drug-likeness (QED) is 0.802. The molecule has 1 aliphatic heterocycles. The van der Waals surface area contributed by atoms with Gasteiger partial charge in [0, 0.05) is 26.2 Å². The molecule has 0 spiro atoms. The van der Waals surface area contributed by atoms with Gasteiger partial charge in [-0.05, 0) is 30.2 Å². The molecule has 0 aliphatic carbocycles. The highest BCUT2D eigenvalue weighted by Gasteiger charge is 2.20. The summed E-state index contributed by atoms with van der Waals surface area (Å²) in [4.78, 5) is 14.2. The highest BCUT2D eigenvalue weighted by atomic mass is 32.2. The predicted molar refractivity (Wildman–Crippen MR) is 92.0 cm³/mol. The van der Waals surface area contributed by atoms with E-state index in [2.05, 4.69) is 34.5 Å². The van der Waals surface area contributed by atoms with Crippen LogP contribution in [-0.2, 0) is 17.8 Å². The van der Waals surface area contributed by atoms with Crippen molar-refractivity contribution in [3.63, 3.8) is 0 Å². The Morgan fingerprint density at radius 1 is 1.41 bits per heavy atom. The number of carbonyl (C=O) groups is 1. The molecule has 5 heteroatoms. The molecule has 0 radical (unpaired) electrons. The van der Waals surface area contributed by atoms with E-state index < -0.39 is 6.10 Å². The molecule has 1 aromatic carbocycles. The van der Waals surface area contributed by atoms with Crippen LogP contribution in [0.1, 0.15) is 24.5 Å². The normalized spacial score (nSPS) is 17.6. The Hall–Kier alpha value is -1.04. The van der Waals surface area contributed by atoms with E-state index in [9.17, 15) is 9.90 Å². The van der Waals surface area contributed by atoms with Gasteiger partial charge in [0.15, 0.2) is 0 Å². The van der Waals surface area contributed by atoms with Crippen LogP contribution in [0.5, 0.6) is 0 Å². The number of fused-ring (bicyclic) bond motifs is 1. The lowest BCUT2D eigenvalue weighted by molar-refractivity contribution is -0.121. The summed E-state index contributed by atoms with van der Waals surface area (Å²) in [6.45, 7) is 4.77. The average molecular weight is 322 g/mol. The number of rotatable bonds is 7. The zero-order valence-corrected chi connectivity index (χ0v) is 14.2. The molecule has 122 valence electrons. The molecule has 2 N–H and O–H groups in total. The molecule has 1 aromatic rings. The van der Waals surface area contributed by atoms with Crippen LogP contribution in [0.2, 0.25) is 0 Å². The summed E-state index contributed by atoms with van der Waals surface area (Å²) in [5.41, 5.74) is 2.76. The summed E-state index contributed by atoms with van der Waals surface area (Å²) < 4.78 is 0. The van der Waals surface area contributed by atoms with Crippen molar-refractivity contribution in [3.05, 3.63) is 35.4 Å². The first-order chi connectivity index (χ1) is 10.6. The van der Waals surface area contributed by atoms with Crippen molar-refractivity contribution in [2.24, 2.45) is 0 Å². The van der Waals surface area contributed by atoms with Crippen molar-refractivity contribution in [1.82, 2.24) is 10.2 Å². The number of benzene rings is 1. The van der Waals surface area contributed by atoms with Gasteiger partial charge >= 0.3 is 0 Å². The second-order valence-corrected chi connectivity index (χ2v) is 6.83. The molecule has 2 atom stereocenters. The van der Waals surface area contributed by atoms with Gasteiger partial charge < -0.3 is 10.4 Å². The van der Waals surface area contributed by atoms with Crippen LogP contribution in [0.25, 0.3) is 0 Å². The van der Waals surface area contributed by atoms with Gasteiger partial charge in [0.25, 0.3) is 0 Å². The van der Waals surface area contributed by atoms with E-state index in [-0.39, 0.29) is 11.2 Å². The van der Waals surface area contributed by atoms with Gasteiger partial charge in [0.2, 0.25) is 5.91 Å². The molecule has 0 fully saturated rings. The molecule has 2 unspecified atom stereocenters. The Balaban J connectivity index is 1.76. The number of carbonyl (C=O) groups excluding carboxylic acids is 1. The molecule has 0 saturated carbocycles. The van der Waals surface area contributed by atoms with Crippen LogP contribution in [0, 0.1) is 0 Å². The van der Waals surface area contributed by atoms with Crippen molar-refractivity contribution >= 4 is 17.7 Å². The molecule has 1 amide bonds. The molecule has 22 heavy (non-hydrogen) atoms.